The van der Waals surface area contributed by atoms with Crippen molar-refractivity contribution in [1.82, 2.24) is 14.5 Å². The summed E-state index contributed by atoms with van der Waals surface area (Å²) in [6.45, 7) is 5.43. The van der Waals surface area contributed by atoms with Gasteiger partial charge in [0, 0.05) is 12.7 Å². The fourth-order valence-electron chi connectivity index (χ4n) is 3.09. The molecule has 0 amide bonds. The largest absolute Gasteiger partial charge is 0.329 e. The van der Waals surface area contributed by atoms with Crippen LogP contribution in [-0.2, 0) is 6.54 Å². The van der Waals surface area contributed by atoms with E-state index in [1.54, 1.807) is 0 Å². The molecule has 3 nitrogen and oxygen atoms in total. The van der Waals surface area contributed by atoms with E-state index in [4.69, 9.17) is 12.2 Å². The van der Waals surface area contributed by atoms with Crippen LogP contribution in [0.2, 0.25) is 0 Å². The minimum absolute atomic E-state index is 0.755. The zero-order valence-electron chi connectivity index (χ0n) is 11.6. The number of fused-ring (bicyclic) bond motifs is 1. The molecule has 0 atom stereocenters. The molecule has 2 aromatic rings. The van der Waals surface area contributed by atoms with Gasteiger partial charge in [0.25, 0.3) is 0 Å². The quantitative estimate of drug-likeness (QED) is 0.832. The average Bonchev–Trinajstić information content (AvgIpc) is 2.68. The number of hydrogen-bond donors (Lipinski definition) is 1. The highest BCUT2D eigenvalue weighted by atomic mass is 32.1. The molecule has 1 fully saturated rings. The number of aromatic amines is 1. The first-order chi connectivity index (χ1) is 9.13. The molecule has 0 radical (unpaired) electrons. The monoisotopic (exact) mass is 275 g/mol. The number of H-pyrrole nitrogens is 1. The highest BCUT2D eigenvalue weighted by Gasteiger charge is 2.19. The Morgan fingerprint density at radius 1 is 1.37 bits per heavy atom. The Bertz CT molecular complexity index is 632. The Morgan fingerprint density at radius 2 is 2.11 bits per heavy atom. The molecule has 1 saturated carbocycles. The number of aryl methyl sites for hydroxylation is 1. The van der Waals surface area contributed by atoms with Gasteiger partial charge in [0.15, 0.2) is 10.4 Å². The molecular weight excluding hydrogens is 254 g/mol. The molecule has 0 aromatic carbocycles. The number of nitrogens with zero attached hydrogens (tertiary/aromatic N) is 2. The van der Waals surface area contributed by atoms with Crippen molar-refractivity contribution in [1.29, 1.82) is 0 Å². The minimum Gasteiger partial charge on any atom is -0.329 e. The lowest BCUT2D eigenvalue weighted by Crippen LogP contribution is -2.18. The summed E-state index contributed by atoms with van der Waals surface area (Å²) in [6, 6.07) is 2.12. The number of aromatic nitrogens is 3. The molecule has 19 heavy (non-hydrogen) atoms. The Labute approximate surface area is 119 Å². The standard InChI is InChI=1S/C15H21N3S/c1-10-3-5-12(6-4-10)9-18-14-13(17-15(18)19)7-11(2)8-16-14/h7-8,10,12H,3-6,9H2,1-2H3,(H,17,19). The number of nitrogens with one attached hydrogen (secondary N) is 1. The Balaban J connectivity index is 1.88. The zero-order chi connectivity index (χ0) is 13.4. The minimum atomic E-state index is 0.755. The first kappa shape index (κ1) is 12.9. The summed E-state index contributed by atoms with van der Waals surface area (Å²) in [5.74, 6) is 1.65. The number of hydrogen-bond acceptors (Lipinski definition) is 2. The highest BCUT2D eigenvalue weighted by Crippen LogP contribution is 2.30. The van der Waals surface area contributed by atoms with Gasteiger partial charge in [0.05, 0.1) is 5.52 Å². The maximum atomic E-state index is 5.46. The van der Waals surface area contributed by atoms with E-state index >= 15 is 0 Å². The van der Waals surface area contributed by atoms with Crippen LogP contribution in [0, 0.1) is 23.5 Å². The smallest absolute Gasteiger partial charge is 0.179 e. The van der Waals surface area contributed by atoms with Crippen molar-refractivity contribution in [3.8, 4) is 0 Å². The number of imidazole rings is 1. The van der Waals surface area contributed by atoms with Crippen molar-refractivity contribution in [3.63, 3.8) is 0 Å². The first-order valence-corrected chi connectivity index (χ1v) is 7.59. The lowest BCUT2D eigenvalue weighted by molar-refractivity contribution is 0.265. The predicted octanol–water partition coefficient (Wildman–Crippen LogP) is 4.23. The van der Waals surface area contributed by atoms with Crippen LogP contribution in [0.15, 0.2) is 12.3 Å². The van der Waals surface area contributed by atoms with Crippen LogP contribution in [0.4, 0.5) is 0 Å². The third-order valence-electron chi connectivity index (χ3n) is 4.32. The lowest BCUT2D eigenvalue weighted by atomic mass is 9.83. The van der Waals surface area contributed by atoms with Crippen molar-refractivity contribution in [3.05, 3.63) is 22.6 Å². The van der Waals surface area contributed by atoms with Crippen molar-refractivity contribution < 1.29 is 0 Å². The van der Waals surface area contributed by atoms with E-state index < -0.39 is 0 Å². The highest BCUT2D eigenvalue weighted by molar-refractivity contribution is 7.71. The second-order valence-corrected chi connectivity index (χ2v) is 6.44. The van der Waals surface area contributed by atoms with Crippen LogP contribution in [0.3, 0.4) is 0 Å². The Kier molecular flexibility index (Phi) is 3.44. The van der Waals surface area contributed by atoms with Gasteiger partial charge in [-0.3, -0.25) is 0 Å². The molecule has 0 bridgehead atoms. The summed E-state index contributed by atoms with van der Waals surface area (Å²) in [4.78, 5) is 7.83. The van der Waals surface area contributed by atoms with Crippen LogP contribution < -0.4 is 0 Å². The van der Waals surface area contributed by atoms with Crippen LogP contribution in [0.25, 0.3) is 11.2 Å². The van der Waals surface area contributed by atoms with Crippen molar-refractivity contribution in [2.45, 2.75) is 46.1 Å². The summed E-state index contributed by atoms with van der Waals surface area (Å²) in [5, 5.41) is 0. The molecule has 4 heteroatoms. The van der Waals surface area contributed by atoms with Gasteiger partial charge in [-0.15, -0.1) is 0 Å². The Hall–Kier alpha value is -1.16. The van der Waals surface area contributed by atoms with Crippen LogP contribution >= 0.6 is 12.2 Å². The zero-order valence-corrected chi connectivity index (χ0v) is 12.5. The van der Waals surface area contributed by atoms with Gasteiger partial charge in [-0.2, -0.15) is 0 Å². The summed E-state index contributed by atoms with van der Waals surface area (Å²) >= 11 is 5.46. The lowest BCUT2D eigenvalue weighted by Gasteiger charge is -2.26. The molecule has 0 unspecified atom stereocenters. The third-order valence-corrected chi connectivity index (χ3v) is 4.64. The van der Waals surface area contributed by atoms with E-state index in [0.717, 1.165) is 34.3 Å². The van der Waals surface area contributed by atoms with Crippen molar-refractivity contribution in [2.24, 2.45) is 11.8 Å². The maximum absolute atomic E-state index is 5.46. The van der Waals surface area contributed by atoms with Gasteiger partial charge in [0.1, 0.15) is 0 Å². The molecule has 102 valence electrons. The van der Waals surface area contributed by atoms with Gasteiger partial charge in [-0.1, -0.05) is 19.8 Å². The molecule has 2 heterocycles. The van der Waals surface area contributed by atoms with Gasteiger partial charge < -0.3 is 9.55 Å². The normalized spacial score (nSPS) is 23.9. The van der Waals surface area contributed by atoms with Crippen LogP contribution in [0.1, 0.15) is 38.2 Å². The van der Waals surface area contributed by atoms with Gasteiger partial charge >= 0.3 is 0 Å². The van der Waals surface area contributed by atoms with E-state index in [1.165, 1.54) is 31.2 Å². The number of pyridine rings is 1. The summed E-state index contributed by atoms with van der Waals surface area (Å²) in [7, 11) is 0. The fraction of sp³-hybridized carbons (Fsp3) is 0.600. The molecule has 1 N–H and O–H groups in total. The van der Waals surface area contributed by atoms with Crippen LogP contribution in [0.5, 0.6) is 0 Å². The van der Waals surface area contributed by atoms with Crippen LogP contribution in [-0.4, -0.2) is 14.5 Å². The second-order valence-electron chi connectivity index (χ2n) is 6.05. The van der Waals surface area contributed by atoms with Gasteiger partial charge in [-0.05, 0) is 55.4 Å². The molecule has 3 rings (SSSR count). The molecule has 0 saturated heterocycles. The summed E-state index contributed by atoms with van der Waals surface area (Å²) < 4.78 is 3.00. The predicted molar refractivity (Wildman–Crippen MR) is 80.8 cm³/mol. The SMILES string of the molecule is Cc1cnc2c(c1)[nH]c(=S)n2CC1CCC(C)CC1. The van der Waals surface area contributed by atoms with Gasteiger partial charge in [-0.25, -0.2) is 4.98 Å². The van der Waals surface area contributed by atoms with Gasteiger partial charge in [0.2, 0.25) is 0 Å². The molecule has 0 aliphatic heterocycles. The molecule has 0 spiro atoms. The topological polar surface area (TPSA) is 33.6 Å². The Morgan fingerprint density at radius 3 is 2.84 bits per heavy atom. The van der Waals surface area contributed by atoms with E-state index in [2.05, 4.69) is 34.4 Å². The van der Waals surface area contributed by atoms with E-state index in [9.17, 15) is 0 Å². The average molecular weight is 275 g/mol. The van der Waals surface area contributed by atoms with Crippen molar-refractivity contribution >= 4 is 23.4 Å². The van der Waals surface area contributed by atoms with Crippen molar-refractivity contribution in [2.75, 3.05) is 0 Å². The molecule has 1 aliphatic rings. The van der Waals surface area contributed by atoms with E-state index in [1.807, 2.05) is 6.20 Å². The second kappa shape index (κ2) is 5.08. The number of rotatable bonds is 2. The maximum Gasteiger partial charge on any atom is 0.179 e. The molecule has 2 aromatic heterocycles. The third kappa shape index (κ3) is 2.59. The summed E-state index contributed by atoms with van der Waals surface area (Å²) in [5.41, 5.74) is 3.24. The fourth-order valence-corrected chi connectivity index (χ4v) is 3.36. The first-order valence-electron chi connectivity index (χ1n) is 7.18. The van der Waals surface area contributed by atoms with E-state index in [0.29, 0.717) is 0 Å². The van der Waals surface area contributed by atoms with E-state index in [-0.39, 0.29) is 0 Å². The molecule has 1 aliphatic carbocycles. The molecular formula is C15H21N3S. The summed E-state index contributed by atoms with van der Waals surface area (Å²) in [6.07, 6.45) is 7.27.